The first-order valence-corrected chi connectivity index (χ1v) is 9.85. The summed E-state index contributed by atoms with van der Waals surface area (Å²) in [7, 11) is 2.22. The van der Waals surface area contributed by atoms with Crippen LogP contribution in [0.2, 0.25) is 0 Å². The summed E-state index contributed by atoms with van der Waals surface area (Å²) in [5, 5.41) is 6.90. The van der Waals surface area contributed by atoms with E-state index in [1.165, 1.54) is 43.5 Å². The molecule has 0 spiro atoms. The van der Waals surface area contributed by atoms with Gasteiger partial charge >= 0.3 is 0 Å². The minimum Gasteiger partial charge on any atom is -0.357 e. The lowest BCUT2D eigenvalue weighted by molar-refractivity contribution is 0.213. The Balaban J connectivity index is 0.00000338. The van der Waals surface area contributed by atoms with Gasteiger partial charge in [0.25, 0.3) is 0 Å². The first kappa shape index (κ1) is 23.2. The SMILES string of the molecule is CCNC(=NCC(C)c1cccc(C)c1)NCCC1CCN(C)CC1.I. The van der Waals surface area contributed by atoms with E-state index >= 15 is 0 Å². The number of hydrogen-bond acceptors (Lipinski definition) is 2. The van der Waals surface area contributed by atoms with Crippen molar-refractivity contribution >= 4 is 29.9 Å². The molecule has 0 aliphatic carbocycles. The standard InChI is InChI=1S/C21H36N4.HI/c1-5-22-21(23-12-9-19-10-13-25(4)14-11-19)24-16-18(3)20-8-6-7-17(2)15-20;/h6-8,15,18-19H,5,9-14,16H2,1-4H3,(H2,22,23,24);1H. The van der Waals surface area contributed by atoms with E-state index in [4.69, 9.17) is 4.99 Å². The fourth-order valence-corrected chi connectivity index (χ4v) is 3.40. The van der Waals surface area contributed by atoms with E-state index < -0.39 is 0 Å². The lowest BCUT2D eigenvalue weighted by atomic mass is 9.94. The molecular formula is C21H37IN4. The van der Waals surface area contributed by atoms with Gasteiger partial charge in [-0.2, -0.15) is 0 Å². The molecule has 2 N–H and O–H groups in total. The van der Waals surface area contributed by atoms with Crippen molar-refractivity contribution in [1.29, 1.82) is 0 Å². The molecule has 148 valence electrons. The number of likely N-dealkylation sites (tertiary alicyclic amines) is 1. The highest BCUT2D eigenvalue weighted by atomic mass is 127. The van der Waals surface area contributed by atoms with Crippen molar-refractivity contribution in [3.63, 3.8) is 0 Å². The van der Waals surface area contributed by atoms with Crippen molar-refractivity contribution in [2.45, 2.75) is 46.0 Å². The van der Waals surface area contributed by atoms with Crippen LogP contribution in [0.25, 0.3) is 0 Å². The molecule has 5 heteroatoms. The first-order chi connectivity index (χ1) is 12.1. The maximum atomic E-state index is 4.80. The van der Waals surface area contributed by atoms with Crippen molar-refractivity contribution in [2.75, 3.05) is 39.8 Å². The number of nitrogens with zero attached hydrogens (tertiary/aromatic N) is 2. The molecule has 1 aromatic carbocycles. The Kier molecular flexibility index (Phi) is 11.2. The summed E-state index contributed by atoms with van der Waals surface area (Å²) in [4.78, 5) is 7.23. The third-order valence-corrected chi connectivity index (χ3v) is 5.16. The van der Waals surface area contributed by atoms with Crippen LogP contribution in [-0.2, 0) is 0 Å². The Morgan fingerprint density at radius 1 is 1.27 bits per heavy atom. The molecule has 1 aromatic rings. The summed E-state index contributed by atoms with van der Waals surface area (Å²) in [6.45, 7) is 11.7. The third-order valence-electron chi connectivity index (χ3n) is 5.16. The lowest BCUT2D eigenvalue weighted by Gasteiger charge is -2.29. The molecule has 0 amide bonds. The van der Waals surface area contributed by atoms with Crippen LogP contribution in [0.1, 0.15) is 50.2 Å². The number of guanidine groups is 1. The zero-order valence-corrected chi connectivity index (χ0v) is 19.3. The predicted octanol–water partition coefficient (Wildman–Crippen LogP) is 4.00. The fraction of sp³-hybridized carbons (Fsp3) is 0.667. The Hall–Kier alpha value is -0.820. The molecule has 1 saturated heterocycles. The minimum absolute atomic E-state index is 0. The molecule has 4 nitrogen and oxygen atoms in total. The lowest BCUT2D eigenvalue weighted by Crippen LogP contribution is -2.39. The van der Waals surface area contributed by atoms with Crippen LogP contribution in [0.15, 0.2) is 29.3 Å². The van der Waals surface area contributed by atoms with Gasteiger partial charge in [0.15, 0.2) is 5.96 Å². The van der Waals surface area contributed by atoms with Gasteiger partial charge in [-0.3, -0.25) is 4.99 Å². The summed E-state index contributed by atoms with van der Waals surface area (Å²) in [5.74, 6) is 2.25. The zero-order chi connectivity index (χ0) is 18.1. The van der Waals surface area contributed by atoms with Gasteiger partial charge in [-0.1, -0.05) is 36.8 Å². The summed E-state index contributed by atoms with van der Waals surface area (Å²) < 4.78 is 0. The highest BCUT2D eigenvalue weighted by Crippen LogP contribution is 2.19. The molecule has 26 heavy (non-hydrogen) atoms. The van der Waals surface area contributed by atoms with Crippen molar-refractivity contribution in [3.05, 3.63) is 35.4 Å². The van der Waals surface area contributed by atoms with Crippen LogP contribution < -0.4 is 10.6 Å². The Morgan fingerprint density at radius 3 is 2.65 bits per heavy atom. The molecule has 0 aromatic heterocycles. The predicted molar refractivity (Wildman–Crippen MR) is 124 cm³/mol. The second-order valence-electron chi connectivity index (χ2n) is 7.50. The summed E-state index contributed by atoms with van der Waals surface area (Å²) in [6, 6.07) is 8.75. The smallest absolute Gasteiger partial charge is 0.191 e. The molecule has 1 unspecified atom stereocenters. The van der Waals surface area contributed by atoms with E-state index in [-0.39, 0.29) is 24.0 Å². The highest BCUT2D eigenvalue weighted by Gasteiger charge is 2.16. The summed E-state index contributed by atoms with van der Waals surface area (Å²) >= 11 is 0. The van der Waals surface area contributed by atoms with E-state index in [0.717, 1.165) is 31.5 Å². The van der Waals surface area contributed by atoms with Gasteiger partial charge in [0.05, 0.1) is 0 Å². The third kappa shape index (κ3) is 8.25. The molecule has 1 aliphatic heterocycles. The second kappa shape index (κ2) is 12.5. The number of halogens is 1. The minimum atomic E-state index is 0. The number of rotatable bonds is 7. The van der Waals surface area contributed by atoms with Gasteiger partial charge in [-0.05, 0) is 64.7 Å². The Bertz CT molecular complexity index is 539. The van der Waals surface area contributed by atoms with E-state index in [1.54, 1.807) is 0 Å². The highest BCUT2D eigenvalue weighted by molar-refractivity contribution is 14.0. The van der Waals surface area contributed by atoms with E-state index in [9.17, 15) is 0 Å². The van der Waals surface area contributed by atoms with E-state index in [1.807, 2.05) is 0 Å². The van der Waals surface area contributed by atoms with Crippen LogP contribution in [0.4, 0.5) is 0 Å². The molecule has 1 fully saturated rings. The zero-order valence-electron chi connectivity index (χ0n) is 16.9. The molecule has 2 rings (SSSR count). The van der Waals surface area contributed by atoms with Gasteiger partial charge in [0.1, 0.15) is 0 Å². The molecule has 1 aliphatic rings. The number of piperidine rings is 1. The van der Waals surface area contributed by atoms with Crippen LogP contribution in [-0.4, -0.2) is 50.6 Å². The molecule has 0 radical (unpaired) electrons. The normalized spacial score (nSPS) is 17.5. The molecule has 1 atom stereocenters. The van der Waals surface area contributed by atoms with Gasteiger partial charge in [0.2, 0.25) is 0 Å². The monoisotopic (exact) mass is 472 g/mol. The number of nitrogens with one attached hydrogen (secondary N) is 2. The maximum absolute atomic E-state index is 4.80. The van der Waals surface area contributed by atoms with Crippen LogP contribution in [0, 0.1) is 12.8 Å². The second-order valence-corrected chi connectivity index (χ2v) is 7.50. The van der Waals surface area contributed by atoms with E-state index in [0.29, 0.717) is 5.92 Å². The fourth-order valence-electron chi connectivity index (χ4n) is 3.40. The molecule has 1 heterocycles. The molecule has 0 saturated carbocycles. The van der Waals surface area contributed by atoms with Crippen LogP contribution >= 0.6 is 24.0 Å². The average molecular weight is 472 g/mol. The Morgan fingerprint density at radius 2 is 2.00 bits per heavy atom. The summed E-state index contributed by atoms with van der Waals surface area (Å²) in [5.41, 5.74) is 2.68. The number of benzene rings is 1. The summed E-state index contributed by atoms with van der Waals surface area (Å²) in [6.07, 6.45) is 3.90. The van der Waals surface area contributed by atoms with Gasteiger partial charge in [-0.15, -0.1) is 24.0 Å². The largest absolute Gasteiger partial charge is 0.357 e. The number of aliphatic imine (C=N–C) groups is 1. The topological polar surface area (TPSA) is 39.7 Å². The van der Waals surface area contributed by atoms with Gasteiger partial charge in [0, 0.05) is 25.6 Å². The number of aryl methyl sites for hydroxylation is 1. The molecule has 0 bridgehead atoms. The Labute approximate surface area is 177 Å². The first-order valence-electron chi connectivity index (χ1n) is 9.85. The quantitative estimate of drug-likeness (QED) is 0.358. The maximum Gasteiger partial charge on any atom is 0.191 e. The molecular weight excluding hydrogens is 435 g/mol. The van der Waals surface area contributed by atoms with Gasteiger partial charge in [-0.25, -0.2) is 0 Å². The van der Waals surface area contributed by atoms with Crippen LogP contribution in [0.3, 0.4) is 0 Å². The van der Waals surface area contributed by atoms with Gasteiger partial charge < -0.3 is 15.5 Å². The average Bonchev–Trinajstić information content (AvgIpc) is 2.61. The van der Waals surface area contributed by atoms with Crippen molar-refractivity contribution in [1.82, 2.24) is 15.5 Å². The van der Waals surface area contributed by atoms with Crippen molar-refractivity contribution in [3.8, 4) is 0 Å². The van der Waals surface area contributed by atoms with Crippen molar-refractivity contribution in [2.24, 2.45) is 10.9 Å². The van der Waals surface area contributed by atoms with E-state index in [2.05, 4.69) is 67.6 Å². The van der Waals surface area contributed by atoms with Crippen LogP contribution in [0.5, 0.6) is 0 Å². The number of hydrogen-bond donors (Lipinski definition) is 2. The van der Waals surface area contributed by atoms with Crippen molar-refractivity contribution < 1.29 is 0 Å².